The Morgan fingerprint density at radius 2 is 1.69 bits per heavy atom. The van der Waals surface area contributed by atoms with Gasteiger partial charge in [0.25, 0.3) is 0 Å². The zero-order valence-corrected chi connectivity index (χ0v) is 8.75. The van der Waals surface area contributed by atoms with Crippen molar-refractivity contribution >= 4 is 0 Å². The summed E-state index contributed by atoms with van der Waals surface area (Å²) in [5, 5.41) is 0. The highest BCUT2D eigenvalue weighted by Crippen LogP contribution is 2.18. The average molecular weight is 177 g/mol. The molecule has 0 saturated heterocycles. The Bertz CT molecular complexity index is 248. The number of nitrogens with two attached hydrogens (primary N) is 1. The first kappa shape index (κ1) is 10.3. The lowest BCUT2D eigenvalue weighted by Crippen LogP contribution is -2.12. The van der Waals surface area contributed by atoms with E-state index in [1.807, 2.05) is 0 Å². The maximum atomic E-state index is 6.05. The van der Waals surface area contributed by atoms with Crippen LogP contribution in [-0.2, 0) is 0 Å². The molecule has 0 saturated carbocycles. The van der Waals surface area contributed by atoms with Crippen molar-refractivity contribution in [3.05, 3.63) is 35.4 Å². The van der Waals surface area contributed by atoms with Crippen LogP contribution in [0, 0.1) is 12.8 Å². The Labute approximate surface area is 81.0 Å². The second-order valence-electron chi connectivity index (χ2n) is 4.15. The van der Waals surface area contributed by atoms with Gasteiger partial charge in [-0.3, -0.25) is 0 Å². The van der Waals surface area contributed by atoms with Gasteiger partial charge in [-0.1, -0.05) is 43.7 Å². The lowest BCUT2D eigenvalue weighted by molar-refractivity contribution is 0.510. The second kappa shape index (κ2) is 4.43. The van der Waals surface area contributed by atoms with E-state index in [0.717, 1.165) is 6.42 Å². The van der Waals surface area contributed by atoms with Gasteiger partial charge in [0.05, 0.1) is 0 Å². The summed E-state index contributed by atoms with van der Waals surface area (Å²) in [7, 11) is 0. The molecule has 0 aliphatic rings. The van der Waals surface area contributed by atoms with E-state index in [2.05, 4.69) is 45.0 Å². The van der Waals surface area contributed by atoms with E-state index in [4.69, 9.17) is 5.73 Å². The largest absolute Gasteiger partial charge is 0.324 e. The fraction of sp³-hybridized carbons (Fsp3) is 0.500. The molecule has 0 radical (unpaired) electrons. The monoisotopic (exact) mass is 177 g/mol. The maximum Gasteiger partial charge on any atom is 0.0297 e. The number of hydrogen-bond donors (Lipinski definition) is 1. The van der Waals surface area contributed by atoms with Crippen LogP contribution in [0.15, 0.2) is 24.3 Å². The van der Waals surface area contributed by atoms with Crippen molar-refractivity contribution in [3.8, 4) is 0 Å². The van der Waals surface area contributed by atoms with Crippen LogP contribution >= 0.6 is 0 Å². The van der Waals surface area contributed by atoms with E-state index in [1.54, 1.807) is 0 Å². The molecule has 72 valence electrons. The van der Waals surface area contributed by atoms with E-state index >= 15 is 0 Å². The predicted octanol–water partition coefficient (Wildman–Crippen LogP) is 3.04. The highest BCUT2D eigenvalue weighted by atomic mass is 14.6. The van der Waals surface area contributed by atoms with Crippen molar-refractivity contribution in [1.82, 2.24) is 0 Å². The van der Waals surface area contributed by atoms with Crippen LogP contribution in [-0.4, -0.2) is 0 Å². The van der Waals surface area contributed by atoms with Gasteiger partial charge in [0.1, 0.15) is 0 Å². The minimum absolute atomic E-state index is 0.195. The summed E-state index contributed by atoms with van der Waals surface area (Å²) in [6, 6.07) is 8.69. The molecular weight excluding hydrogens is 158 g/mol. The zero-order valence-electron chi connectivity index (χ0n) is 8.75. The maximum absolute atomic E-state index is 6.05. The van der Waals surface area contributed by atoms with Crippen LogP contribution in [0.5, 0.6) is 0 Å². The highest BCUT2D eigenvalue weighted by Gasteiger charge is 2.07. The van der Waals surface area contributed by atoms with E-state index in [1.165, 1.54) is 11.1 Å². The molecular formula is C12H19N. The van der Waals surface area contributed by atoms with Gasteiger partial charge in [0, 0.05) is 6.04 Å². The molecule has 13 heavy (non-hydrogen) atoms. The van der Waals surface area contributed by atoms with E-state index in [-0.39, 0.29) is 6.04 Å². The van der Waals surface area contributed by atoms with Crippen LogP contribution in [0.4, 0.5) is 0 Å². The Balaban J connectivity index is 2.66. The van der Waals surface area contributed by atoms with Gasteiger partial charge >= 0.3 is 0 Å². The van der Waals surface area contributed by atoms with Crippen LogP contribution in [0.2, 0.25) is 0 Å². The molecule has 0 aromatic heterocycles. The summed E-state index contributed by atoms with van der Waals surface area (Å²) in [6.45, 7) is 6.50. The van der Waals surface area contributed by atoms with Crippen LogP contribution in [0.3, 0.4) is 0 Å². The SMILES string of the molecule is Cc1ccc([C@@H](N)CC(C)C)cc1. The standard InChI is InChI=1S/C12H19N/c1-9(2)8-12(13)11-6-4-10(3)5-7-11/h4-7,9,12H,8,13H2,1-3H3/t12-/m0/s1. The molecule has 1 rings (SSSR count). The molecule has 2 N–H and O–H groups in total. The second-order valence-corrected chi connectivity index (χ2v) is 4.15. The minimum Gasteiger partial charge on any atom is -0.324 e. The van der Waals surface area contributed by atoms with Gasteiger partial charge in [0.2, 0.25) is 0 Å². The van der Waals surface area contributed by atoms with Gasteiger partial charge in [0.15, 0.2) is 0 Å². The normalized spacial score (nSPS) is 13.3. The molecule has 0 amide bonds. The minimum atomic E-state index is 0.195. The first-order chi connectivity index (χ1) is 6.09. The lowest BCUT2D eigenvalue weighted by atomic mass is 9.97. The smallest absolute Gasteiger partial charge is 0.0297 e. The van der Waals surface area contributed by atoms with Crippen molar-refractivity contribution < 1.29 is 0 Å². The van der Waals surface area contributed by atoms with Gasteiger partial charge in [-0.25, -0.2) is 0 Å². The molecule has 0 unspecified atom stereocenters. The summed E-state index contributed by atoms with van der Waals surface area (Å²) >= 11 is 0. The van der Waals surface area contributed by atoms with Gasteiger partial charge in [-0.05, 0) is 24.8 Å². The predicted molar refractivity (Wildman–Crippen MR) is 57.6 cm³/mol. The molecule has 0 aliphatic carbocycles. The topological polar surface area (TPSA) is 26.0 Å². The fourth-order valence-electron chi connectivity index (χ4n) is 1.46. The third-order valence-corrected chi connectivity index (χ3v) is 2.23. The average Bonchev–Trinajstić information content (AvgIpc) is 2.04. The molecule has 1 heteroatoms. The summed E-state index contributed by atoms with van der Waals surface area (Å²) < 4.78 is 0. The summed E-state index contributed by atoms with van der Waals surface area (Å²) in [6.07, 6.45) is 1.06. The summed E-state index contributed by atoms with van der Waals surface area (Å²) in [4.78, 5) is 0. The van der Waals surface area contributed by atoms with Crippen molar-refractivity contribution in [3.63, 3.8) is 0 Å². The Morgan fingerprint density at radius 1 is 1.15 bits per heavy atom. The quantitative estimate of drug-likeness (QED) is 0.754. The Hall–Kier alpha value is -0.820. The molecule has 0 heterocycles. The highest BCUT2D eigenvalue weighted by molar-refractivity contribution is 5.23. The van der Waals surface area contributed by atoms with Crippen molar-refractivity contribution in [2.24, 2.45) is 11.7 Å². The van der Waals surface area contributed by atoms with E-state index < -0.39 is 0 Å². The summed E-state index contributed by atoms with van der Waals surface area (Å²) in [5.74, 6) is 0.663. The summed E-state index contributed by atoms with van der Waals surface area (Å²) in [5.41, 5.74) is 8.59. The van der Waals surface area contributed by atoms with Crippen LogP contribution < -0.4 is 5.73 Å². The fourth-order valence-corrected chi connectivity index (χ4v) is 1.46. The number of hydrogen-bond acceptors (Lipinski definition) is 1. The Kier molecular flexibility index (Phi) is 3.49. The molecule has 0 spiro atoms. The third-order valence-electron chi connectivity index (χ3n) is 2.23. The van der Waals surface area contributed by atoms with Gasteiger partial charge in [-0.2, -0.15) is 0 Å². The van der Waals surface area contributed by atoms with Crippen molar-refractivity contribution in [1.29, 1.82) is 0 Å². The number of aryl methyl sites for hydroxylation is 1. The molecule has 1 atom stereocenters. The first-order valence-electron chi connectivity index (χ1n) is 4.91. The van der Waals surface area contributed by atoms with E-state index in [0.29, 0.717) is 5.92 Å². The van der Waals surface area contributed by atoms with Gasteiger partial charge < -0.3 is 5.73 Å². The number of benzene rings is 1. The van der Waals surface area contributed by atoms with Crippen molar-refractivity contribution in [2.45, 2.75) is 33.2 Å². The molecule has 1 aromatic rings. The Morgan fingerprint density at radius 3 is 2.15 bits per heavy atom. The van der Waals surface area contributed by atoms with Gasteiger partial charge in [-0.15, -0.1) is 0 Å². The molecule has 1 nitrogen and oxygen atoms in total. The van der Waals surface area contributed by atoms with E-state index in [9.17, 15) is 0 Å². The number of rotatable bonds is 3. The molecule has 1 aromatic carbocycles. The molecule has 0 aliphatic heterocycles. The molecule has 0 bridgehead atoms. The third kappa shape index (κ3) is 3.19. The van der Waals surface area contributed by atoms with Crippen LogP contribution in [0.25, 0.3) is 0 Å². The van der Waals surface area contributed by atoms with Crippen LogP contribution in [0.1, 0.15) is 37.4 Å². The van der Waals surface area contributed by atoms with Crippen molar-refractivity contribution in [2.75, 3.05) is 0 Å². The zero-order chi connectivity index (χ0) is 9.84. The first-order valence-corrected chi connectivity index (χ1v) is 4.91. The molecule has 0 fully saturated rings. The lowest BCUT2D eigenvalue weighted by Gasteiger charge is -2.14.